The molecule has 2 N–H and O–H groups in total. The van der Waals surface area contributed by atoms with Gasteiger partial charge in [0.15, 0.2) is 5.96 Å². The molecule has 0 aliphatic carbocycles. The number of guanidine groups is 1. The number of hydrogen-bond donors (Lipinski definition) is 2. The summed E-state index contributed by atoms with van der Waals surface area (Å²) in [5, 5.41) is 6.86. The molecule has 9 nitrogen and oxygen atoms in total. The SMILES string of the molecule is CCNC(=NCC(C)N1CCOCC1)NCCCN1CCN(c2ncccn2)CC1.I. The third-order valence-corrected chi connectivity index (χ3v) is 5.68. The number of aromatic nitrogens is 2. The van der Waals surface area contributed by atoms with E-state index in [9.17, 15) is 0 Å². The first-order valence-corrected chi connectivity index (χ1v) is 11.3. The Kier molecular flexibility index (Phi) is 12.4. The number of morpholine rings is 1. The van der Waals surface area contributed by atoms with Crippen LogP contribution in [-0.2, 0) is 4.74 Å². The first kappa shape index (κ1) is 26.0. The molecule has 1 aromatic heterocycles. The number of piperazine rings is 1. The van der Waals surface area contributed by atoms with E-state index >= 15 is 0 Å². The molecule has 1 unspecified atom stereocenters. The van der Waals surface area contributed by atoms with Crippen molar-refractivity contribution < 1.29 is 4.74 Å². The quantitative estimate of drug-likeness (QED) is 0.205. The highest BCUT2D eigenvalue weighted by Crippen LogP contribution is 2.09. The molecule has 0 radical (unpaired) electrons. The van der Waals surface area contributed by atoms with Crippen molar-refractivity contribution in [3.8, 4) is 0 Å². The maximum Gasteiger partial charge on any atom is 0.225 e. The van der Waals surface area contributed by atoms with Crippen LogP contribution in [0.4, 0.5) is 5.95 Å². The second-order valence-corrected chi connectivity index (χ2v) is 7.87. The van der Waals surface area contributed by atoms with Crippen molar-refractivity contribution in [1.82, 2.24) is 30.4 Å². The third-order valence-electron chi connectivity index (χ3n) is 5.68. The van der Waals surface area contributed by atoms with Gasteiger partial charge in [0.25, 0.3) is 0 Å². The lowest BCUT2D eigenvalue weighted by molar-refractivity contribution is 0.0220. The normalized spacial score (nSPS) is 19.5. The number of ether oxygens (including phenoxy) is 1. The summed E-state index contributed by atoms with van der Waals surface area (Å²) in [5.41, 5.74) is 0. The van der Waals surface area contributed by atoms with Crippen LogP contribution in [0.5, 0.6) is 0 Å². The zero-order valence-electron chi connectivity index (χ0n) is 19.0. The lowest BCUT2D eigenvalue weighted by Gasteiger charge is -2.34. The molecule has 176 valence electrons. The number of nitrogens with one attached hydrogen (secondary N) is 2. The number of anilines is 1. The van der Waals surface area contributed by atoms with Crippen LogP contribution in [-0.4, -0.2) is 110 Å². The fourth-order valence-corrected chi connectivity index (χ4v) is 3.83. The lowest BCUT2D eigenvalue weighted by Crippen LogP contribution is -2.48. The lowest BCUT2D eigenvalue weighted by atomic mass is 10.2. The van der Waals surface area contributed by atoms with Gasteiger partial charge >= 0.3 is 0 Å². The summed E-state index contributed by atoms with van der Waals surface area (Å²) < 4.78 is 5.44. The molecule has 1 aromatic rings. The summed E-state index contributed by atoms with van der Waals surface area (Å²) in [6.45, 7) is 15.8. The minimum absolute atomic E-state index is 0. The monoisotopic (exact) mass is 546 g/mol. The van der Waals surface area contributed by atoms with Crippen LogP contribution < -0.4 is 15.5 Å². The second kappa shape index (κ2) is 14.8. The Morgan fingerprint density at radius 2 is 1.81 bits per heavy atom. The summed E-state index contributed by atoms with van der Waals surface area (Å²) in [6.07, 6.45) is 4.72. The first-order valence-electron chi connectivity index (χ1n) is 11.3. The van der Waals surface area contributed by atoms with Crippen LogP contribution >= 0.6 is 24.0 Å². The molecule has 3 rings (SSSR count). The Hall–Kier alpha value is -1.24. The van der Waals surface area contributed by atoms with Gasteiger partial charge < -0.3 is 20.3 Å². The Labute approximate surface area is 204 Å². The third kappa shape index (κ3) is 9.03. The van der Waals surface area contributed by atoms with Crippen molar-refractivity contribution in [2.45, 2.75) is 26.3 Å². The Morgan fingerprint density at radius 1 is 1.10 bits per heavy atom. The number of rotatable bonds is 9. The topological polar surface area (TPSA) is 81.2 Å². The van der Waals surface area contributed by atoms with E-state index in [1.54, 1.807) is 0 Å². The summed E-state index contributed by atoms with van der Waals surface area (Å²) in [6, 6.07) is 2.30. The van der Waals surface area contributed by atoms with Crippen LogP contribution in [0.2, 0.25) is 0 Å². The van der Waals surface area contributed by atoms with Crippen molar-refractivity contribution in [3.05, 3.63) is 18.5 Å². The van der Waals surface area contributed by atoms with E-state index in [2.05, 4.69) is 49.1 Å². The molecule has 0 bridgehead atoms. The highest BCUT2D eigenvalue weighted by molar-refractivity contribution is 14.0. The molecule has 10 heteroatoms. The average Bonchev–Trinajstić information content (AvgIpc) is 2.81. The van der Waals surface area contributed by atoms with Crippen molar-refractivity contribution >= 4 is 35.9 Å². The Balaban J connectivity index is 0.00000341. The molecule has 3 heterocycles. The van der Waals surface area contributed by atoms with Crippen molar-refractivity contribution in [2.24, 2.45) is 4.99 Å². The van der Waals surface area contributed by atoms with Gasteiger partial charge in [-0.1, -0.05) is 0 Å². The largest absolute Gasteiger partial charge is 0.379 e. The summed E-state index contributed by atoms with van der Waals surface area (Å²) in [5.74, 6) is 1.76. The Bertz CT molecular complexity index is 621. The van der Waals surface area contributed by atoms with Gasteiger partial charge in [0.05, 0.1) is 19.8 Å². The smallest absolute Gasteiger partial charge is 0.225 e. The molecule has 2 fully saturated rings. The van der Waals surface area contributed by atoms with E-state index in [1.807, 2.05) is 18.5 Å². The molecule has 2 aliphatic rings. The van der Waals surface area contributed by atoms with E-state index in [0.29, 0.717) is 6.04 Å². The van der Waals surface area contributed by atoms with Gasteiger partial charge in [-0.25, -0.2) is 9.97 Å². The molecule has 0 aromatic carbocycles. The fourth-order valence-electron chi connectivity index (χ4n) is 3.83. The maximum atomic E-state index is 5.44. The standard InChI is InChI=1S/C21H38N8O.HI/c1-3-22-20(26-18-19(2)28-14-16-30-17-15-28)23-8-5-9-27-10-12-29(13-11-27)21-24-6-4-7-25-21;/h4,6-7,19H,3,5,8-18H2,1-2H3,(H2,22,23,26);1H. The van der Waals surface area contributed by atoms with Crippen molar-refractivity contribution in [2.75, 3.05) is 83.6 Å². The molecule has 2 saturated heterocycles. The summed E-state index contributed by atoms with van der Waals surface area (Å²) in [7, 11) is 0. The minimum atomic E-state index is 0. The molecular formula is C21H39IN8O. The van der Waals surface area contributed by atoms with Gasteiger partial charge in [-0.05, 0) is 32.9 Å². The molecule has 31 heavy (non-hydrogen) atoms. The van der Waals surface area contributed by atoms with Crippen molar-refractivity contribution in [1.29, 1.82) is 0 Å². The van der Waals surface area contributed by atoms with E-state index in [1.165, 1.54) is 0 Å². The molecule has 0 amide bonds. The summed E-state index contributed by atoms with van der Waals surface area (Å²) >= 11 is 0. The van der Waals surface area contributed by atoms with E-state index in [4.69, 9.17) is 9.73 Å². The van der Waals surface area contributed by atoms with E-state index in [0.717, 1.165) is 97.0 Å². The van der Waals surface area contributed by atoms with E-state index < -0.39 is 0 Å². The summed E-state index contributed by atoms with van der Waals surface area (Å²) in [4.78, 5) is 20.7. The highest BCUT2D eigenvalue weighted by Gasteiger charge is 2.18. The predicted molar refractivity (Wildman–Crippen MR) is 137 cm³/mol. The van der Waals surface area contributed by atoms with Crippen molar-refractivity contribution in [3.63, 3.8) is 0 Å². The molecule has 0 spiro atoms. The number of nitrogens with zero attached hydrogens (tertiary/aromatic N) is 6. The average molecular weight is 547 g/mol. The number of aliphatic imine (C=N–C) groups is 1. The van der Waals surface area contributed by atoms with E-state index in [-0.39, 0.29) is 24.0 Å². The zero-order valence-corrected chi connectivity index (χ0v) is 21.3. The van der Waals surface area contributed by atoms with Gasteiger partial charge in [-0.3, -0.25) is 14.8 Å². The zero-order chi connectivity index (χ0) is 21.0. The Morgan fingerprint density at radius 3 is 2.48 bits per heavy atom. The fraction of sp³-hybridized carbons (Fsp3) is 0.762. The van der Waals surface area contributed by atoms with Gasteiger partial charge in [0.1, 0.15) is 0 Å². The maximum absolute atomic E-state index is 5.44. The molecule has 0 saturated carbocycles. The molecule has 2 aliphatic heterocycles. The van der Waals surface area contributed by atoms with Crippen LogP contribution in [0.3, 0.4) is 0 Å². The minimum Gasteiger partial charge on any atom is -0.379 e. The van der Waals surface area contributed by atoms with Crippen LogP contribution in [0.1, 0.15) is 20.3 Å². The van der Waals surface area contributed by atoms with Gasteiger partial charge in [0.2, 0.25) is 5.95 Å². The van der Waals surface area contributed by atoms with Gasteiger partial charge in [0, 0.05) is 70.8 Å². The molecular weight excluding hydrogens is 507 g/mol. The molecule has 1 atom stereocenters. The number of hydrogen-bond acceptors (Lipinski definition) is 7. The predicted octanol–water partition coefficient (Wildman–Crippen LogP) is 0.883. The van der Waals surface area contributed by atoms with Gasteiger partial charge in [-0.2, -0.15) is 0 Å². The first-order chi connectivity index (χ1) is 14.8. The van der Waals surface area contributed by atoms with Gasteiger partial charge in [-0.15, -0.1) is 24.0 Å². The number of halogens is 1. The van der Waals surface area contributed by atoms with Crippen LogP contribution in [0.25, 0.3) is 0 Å². The van der Waals surface area contributed by atoms with Crippen LogP contribution in [0, 0.1) is 0 Å². The highest BCUT2D eigenvalue weighted by atomic mass is 127. The van der Waals surface area contributed by atoms with Crippen LogP contribution in [0.15, 0.2) is 23.5 Å². The second-order valence-electron chi connectivity index (χ2n) is 7.87.